The summed E-state index contributed by atoms with van der Waals surface area (Å²) in [5.41, 5.74) is 2.29. The average molecular weight is 204 g/mol. The Balaban J connectivity index is 2.52. The largest absolute Gasteiger partial charge is 0.491 e. The molecule has 3 heteroatoms. The quantitative estimate of drug-likeness (QED) is 0.739. The summed E-state index contributed by atoms with van der Waals surface area (Å²) in [6.07, 6.45) is 2.10. The van der Waals surface area contributed by atoms with Crippen molar-refractivity contribution in [2.24, 2.45) is 0 Å². The van der Waals surface area contributed by atoms with Gasteiger partial charge in [-0.15, -0.1) is 0 Å². The molecule has 1 N–H and O–H groups in total. The molecule has 0 fully saturated rings. The molecule has 0 unspecified atom stereocenters. The van der Waals surface area contributed by atoms with Gasteiger partial charge in [-0.2, -0.15) is 0 Å². The molecule has 0 amide bonds. The molecule has 0 aliphatic carbocycles. The van der Waals surface area contributed by atoms with E-state index in [4.69, 9.17) is 4.65 Å². The van der Waals surface area contributed by atoms with E-state index in [0.717, 1.165) is 18.3 Å². The molecule has 1 aliphatic rings. The number of rotatable bonds is 2. The molecule has 0 atom stereocenters. The van der Waals surface area contributed by atoms with E-state index in [1.165, 1.54) is 5.56 Å². The molecule has 0 aromatic heterocycles. The maximum Gasteiger partial charge on any atom is 0.491 e. The number of fused-ring (bicyclic) bond motifs is 1. The van der Waals surface area contributed by atoms with Crippen LogP contribution in [-0.2, 0) is 10.1 Å². The second kappa shape index (κ2) is 3.99. The van der Waals surface area contributed by atoms with Crippen molar-refractivity contribution in [3.8, 4) is 0 Å². The Morgan fingerprint density at radius 2 is 2.00 bits per heavy atom. The first-order chi connectivity index (χ1) is 7.23. The third kappa shape index (κ3) is 1.60. The topological polar surface area (TPSA) is 29.5 Å². The molecule has 0 saturated carbocycles. The van der Waals surface area contributed by atoms with E-state index in [2.05, 4.69) is 19.9 Å². The molecule has 0 spiro atoms. The number of hydrogen-bond donors (Lipinski definition) is 1. The summed E-state index contributed by atoms with van der Waals surface area (Å²) < 4.78 is 5.46. The standard InChI is InChI=1S/C12H17BO2/c1-3-12(4-2)9-15-13(14)11-8-6-5-7-10(11)12/h5-8,14H,3-4,9H2,1-2H3. The molecule has 2 nitrogen and oxygen atoms in total. The maximum absolute atomic E-state index is 9.76. The second-order valence-corrected chi connectivity index (χ2v) is 4.24. The van der Waals surface area contributed by atoms with Crippen LogP contribution in [0.3, 0.4) is 0 Å². The Hall–Kier alpha value is -0.795. The summed E-state index contributed by atoms with van der Waals surface area (Å²) >= 11 is 0. The highest BCUT2D eigenvalue weighted by molar-refractivity contribution is 6.61. The predicted octanol–water partition coefficient (Wildman–Crippen LogP) is 1.46. The molecule has 1 heterocycles. The second-order valence-electron chi connectivity index (χ2n) is 4.24. The van der Waals surface area contributed by atoms with Gasteiger partial charge in [-0.3, -0.25) is 0 Å². The van der Waals surface area contributed by atoms with Crippen LogP contribution in [0.5, 0.6) is 0 Å². The summed E-state index contributed by atoms with van der Waals surface area (Å²) in [6.45, 7) is 4.99. The van der Waals surface area contributed by atoms with Gasteiger partial charge in [-0.1, -0.05) is 38.1 Å². The lowest BCUT2D eigenvalue weighted by atomic mass is 9.63. The zero-order valence-electron chi connectivity index (χ0n) is 9.36. The number of hydrogen-bond acceptors (Lipinski definition) is 2. The van der Waals surface area contributed by atoms with E-state index in [-0.39, 0.29) is 5.41 Å². The fraction of sp³-hybridized carbons (Fsp3) is 0.500. The van der Waals surface area contributed by atoms with Gasteiger partial charge in [0.25, 0.3) is 0 Å². The lowest BCUT2D eigenvalue weighted by Gasteiger charge is -2.38. The Labute approximate surface area is 91.4 Å². The van der Waals surface area contributed by atoms with Crippen molar-refractivity contribution in [3.63, 3.8) is 0 Å². The minimum Gasteiger partial charge on any atom is -0.423 e. The van der Waals surface area contributed by atoms with Crippen molar-refractivity contribution in [3.05, 3.63) is 29.8 Å². The number of benzene rings is 1. The Morgan fingerprint density at radius 1 is 1.33 bits per heavy atom. The van der Waals surface area contributed by atoms with Gasteiger partial charge in [0.2, 0.25) is 0 Å². The van der Waals surface area contributed by atoms with Gasteiger partial charge in [-0.05, 0) is 23.9 Å². The molecule has 0 radical (unpaired) electrons. The molecular weight excluding hydrogens is 187 g/mol. The molecule has 80 valence electrons. The Kier molecular flexibility index (Phi) is 2.85. The van der Waals surface area contributed by atoms with E-state index >= 15 is 0 Å². The SMILES string of the molecule is CCC1(CC)COB(O)c2ccccc21. The molecular formula is C12H17BO2. The van der Waals surface area contributed by atoms with E-state index in [9.17, 15) is 5.02 Å². The average Bonchev–Trinajstić information content (AvgIpc) is 2.31. The van der Waals surface area contributed by atoms with Crippen LogP contribution in [0.25, 0.3) is 0 Å². The van der Waals surface area contributed by atoms with Gasteiger partial charge in [0.05, 0.1) is 0 Å². The van der Waals surface area contributed by atoms with Crippen molar-refractivity contribution < 1.29 is 9.68 Å². The summed E-state index contributed by atoms with van der Waals surface area (Å²) in [4.78, 5) is 0. The molecule has 1 aliphatic heterocycles. The fourth-order valence-corrected chi connectivity index (χ4v) is 2.44. The van der Waals surface area contributed by atoms with Gasteiger partial charge >= 0.3 is 7.12 Å². The lowest BCUT2D eigenvalue weighted by molar-refractivity contribution is 0.170. The lowest BCUT2D eigenvalue weighted by Crippen LogP contribution is -2.50. The smallest absolute Gasteiger partial charge is 0.423 e. The summed E-state index contributed by atoms with van der Waals surface area (Å²) in [5.74, 6) is 0. The Morgan fingerprint density at radius 3 is 2.67 bits per heavy atom. The van der Waals surface area contributed by atoms with Gasteiger partial charge in [-0.25, -0.2) is 0 Å². The van der Waals surface area contributed by atoms with Gasteiger partial charge < -0.3 is 9.68 Å². The highest BCUT2D eigenvalue weighted by atomic mass is 16.5. The minimum absolute atomic E-state index is 0.0931. The molecule has 2 rings (SSSR count). The third-order valence-corrected chi connectivity index (χ3v) is 3.67. The zero-order chi connectivity index (χ0) is 10.9. The molecule has 15 heavy (non-hydrogen) atoms. The highest BCUT2D eigenvalue weighted by Gasteiger charge is 2.39. The van der Waals surface area contributed by atoms with Gasteiger partial charge in [0, 0.05) is 12.0 Å². The summed E-state index contributed by atoms with van der Waals surface area (Å²) in [6, 6.07) is 8.07. The fourth-order valence-electron chi connectivity index (χ4n) is 2.44. The van der Waals surface area contributed by atoms with E-state index in [1.54, 1.807) is 0 Å². The van der Waals surface area contributed by atoms with Crippen LogP contribution in [0.1, 0.15) is 32.3 Å². The zero-order valence-corrected chi connectivity index (χ0v) is 9.36. The van der Waals surface area contributed by atoms with Crippen molar-refractivity contribution in [1.82, 2.24) is 0 Å². The van der Waals surface area contributed by atoms with Crippen LogP contribution in [0.15, 0.2) is 24.3 Å². The van der Waals surface area contributed by atoms with Crippen LogP contribution in [-0.4, -0.2) is 18.7 Å². The first-order valence-corrected chi connectivity index (χ1v) is 5.62. The van der Waals surface area contributed by atoms with Crippen molar-refractivity contribution in [1.29, 1.82) is 0 Å². The molecule has 0 saturated heterocycles. The van der Waals surface area contributed by atoms with Gasteiger partial charge in [0.1, 0.15) is 0 Å². The normalized spacial score (nSPS) is 18.7. The van der Waals surface area contributed by atoms with Crippen LogP contribution in [0.2, 0.25) is 0 Å². The van der Waals surface area contributed by atoms with E-state index in [0.29, 0.717) is 6.61 Å². The Bertz CT molecular complexity index is 347. The predicted molar refractivity (Wildman–Crippen MR) is 62.3 cm³/mol. The maximum atomic E-state index is 9.76. The van der Waals surface area contributed by atoms with Crippen LogP contribution < -0.4 is 5.46 Å². The van der Waals surface area contributed by atoms with Crippen LogP contribution >= 0.6 is 0 Å². The van der Waals surface area contributed by atoms with E-state index < -0.39 is 7.12 Å². The van der Waals surface area contributed by atoms with Crippen molar-refractivity contribution in [2.45, 2.75) is 32.1 Å². The summed E-state index contributed by atoms with van der Waals surface area (Å²) in [7, 11) is -0.743. The third-order valence-electron chi connectivity index (χ3n) is 3.67. The molecule has 0 bridgehead atoms. The molecule has 1 aromatic carbocycles. The highest BCUT2D eigenvalue weighted by Crippen LogP contribution is 2.33. The molecule has 1 aromatic rings. The summed E-state index contributed by atoms with van der Waals surface area (Å²) in [5, 5.41) is 9.76. The van der Waals surface area contributed by atoms with Crippen LogP contribution in [0, 0.1) is 0 Å². The van der Waals surface area contributed by atoms with Gasteiger partial charge in [0.15, 0.2) is 0 Å². The van der Waals surface area contributed by atoms with Crippen LogP contribution in [0.4, 0.5) is 0 Å². The van der Waals surface area contributed by atoms with Crippen molar-refractivity contribution in [2.75, 3.05) is 6.61 Å². The van der Waals surface area contributed by atoms with Crippen molar-refractivity contribution >= 4 is 12.6 Å². The first kappa shape index (κ1) is 10.7. The van der Waals surface area contributed by atoms with E-state index in [1.807, 2.05) is 18.2 Å². The monoisotopic (exact) mass is 204 g/mol. The first-order valence-electron chi connectivity index (χ1n) is 5.62. The minimum atomic E-state index is -0.743.